The molecule has 0 radical (unpaired) electrons. The predicted octanol–water partition coefficient (Wildman–Crippen LogP) is 2.13. The maximum atomic E-state index is 12.2. The van der Waals surface area contributed by atoms with Crippen molar-refractivity contribution in [2.45, 2.75) is 39.3 Å². The van der Waals surface area contributed by atoms with Crippen LogP contribution in [0.4, 0.5) is 4.79 Å². The summed E-state index contributed by atoms with van der Waals surface area (Å²) < 4.78 is 5.21. The predicted molar refractivity (Wildman–Crippen MR) is 96.7 cm³/mol. The molecule has 1 saturated heterocycles. The number of likely N-dealkylation sites (tertiary alicyclic amines) is 1. The summed E-state index contributed by atoms with van der Waals surface area (Å²) in [6.07, 6.45) is 1.34. The van der Waals surface area contributed by atoms with Crippen LogP contribution in [0.15, 0.2) is 30.3 Å². The third-order valence-corrected chi connectivity index (χ3v) is 4.68. The van der Waals surface area contributed by atoms with Crippen molar-refractivity contribution in [3.05, 3.63) is 35.9 Å². The molecule has 25 heavy (non-hydrogen) atoms. The van der Waals surface area contributed by atoms with Crippen LogP contribution in [0.2, 0.25) is 0 Å². The molecule has 3 N–H and O–H groups in total. The van der Waals surface area contributed by atoms with Crippen LogP contribution < -0.4 is 11.1 Å². The first kappa shape index (κ1) is 19.2. The van der Waals surface area contributed by atoms with Gasteiger partial charge in [-0.3, -0.25) is 4.79 Å². The molecule has 0 aliphatic carbocycles. The quantitative estimate of drug-likeness (QED) is 0.826. The molecule has 6 nitrogen and oxygen atoms in total. The Bertz CT molecular complexity index is 554. The van der Waals surface area contributed by atoms with E-state index in [1.54, 1.807) is 0 Å². The molecule has 138 valence electrons. The highest BCUT2D eigenvalue weighted by molar-refractivity contribution is 5.82. The summed E-state index contributed by atoms with van der Waals surface area (Å²) in [6.45, 7) is 6.16. The van der Waals surface area contributed by atoms with Crippen LogP contribution in [-0.2, 0) is 16.1 Å². The summed E-state index contributed by atoms with van der Waals surface area (Å²) in [4.78, 5) is 25.9. The number of ether oxygens (including phenoxy) is 1. The molecular weight excluding hydrogens is 318 g/mol. The number of amides is 2. The van der Waals surface area contributed by atoms with E-state index in [1.807, 2.05) is 49.1 Å². The van der Waals surface area contributed by atoms with Gasteiger partial charge in [-0.25, -0.2) is 4.79 Å². The van der Waals surface area contributed by atoms with Crippen molar-refractivity contribution in [2.75, 3.05) is 19.6 Å². The number of carbonyl (C=O) groups excluding carboxylic acids is 2. The van der Waals surface area contributed by atoms with E-state index in [4.69, 9.17) is 10.5 Å². The zero-order valence-corrected chi connectivity index (χ0v) is 15.1. The average Bonchev–Trinajstić information content (AvgIpc) is 2.64. The van der Waals surface area contributed by atoms with E-state index in [1.165, 1.54) is 0 Å². The number of piperidine rings is 1. The van der Waals surface area contributed by atoms with Crippen molar-refractivity contribution >= 4 is 12.0 Å². The molecule has 1 aliphatic rings. The lowest BCUT2D eigenvalue weighted by Crippen LogP contribution is -2.50. The third-order valence-electron chi connectivity index (χ3n) is 4.68. The Kier molecular flexibility index (Phi) is 7.25. The van der Waals surface area contributed by atoms with Gasteiger partial charge in [0.15, 0.2) is 0 Å². The Morgan fingerprint density at radius 1 is 1.24 bits per heavy atom. The molecule has 1 aliphatic heterocycles. The van der Waals surface area contributed by atoms with E-state index in [0.717, 1.165) is 18.4 Å². The summed E-state index contributed by atoms with van der Waals surface area (Å²) in [5, 5.41) is 2.82. The highest BCUT2D eigenvalue weighted by Crippen LogP contribution is 2.18. The topological polar surface area (TPSA) is 84.7 Å². The molecule has 1 fully saturated rings. The van der Waals surface area contributed by atoms with Gasteiger partial charge in [0.2, 0.25) is 5.91 Å². The fourth-order valence-electron chi connectivity index (χ4n) is 2.86. The van der Waals surface area contributed by atoms with Crippen LogP contribution in [0, 0.1) is 11.8 Å². The molecular formula is C19H29N3O3. The van der Waals surface area contributed by atoms with Gasteiger partial charge in [0.25, 0.3) is 0 Å². The molecule has 2 rings (SSSR count). The first-order valence-corrected chi connectivity index (χ1v) is 8.96. The molecule has 1 unspecified atom stereocenters. The number of nitrogens with one attached hydrogen (secondary N) is 1. The normalized spacial score (nSPS) is 16.6. The monoisotopic (exact) mass is 347 g/mol. The van der Waals surface area contributed by atoms with E-state index in [-0.39, 0.29) is 18.4 Å². The number of carbonyl (C=O) groups is 2. The van der Waals surface area contributed by atoms with Crippen LogP contribution in [0.25, 0.3) is 0 Å². The van der Waals surface area contributed by atoms with Crippen molar-refractivity contribution in [3.8, 4) is 0 Å². The van der Waals surface area contributed by atoms with Gasteiger partial charge in [-0.1, -0.05) is 44.2 Å². The maximum Gasteiger partial charge on any atom is 0.407 e. The van der Waals surface area contributed by atoms with Crippen molar-refractivity contribution < 1.29 is 14.3 Å². The first-order chi connectivity index (χ1) is 12.0. The number of hydrogen-bond donors (Lipinski definition) is 2. The smallest absolute Gasteiger partial charge is 0.407 e. The highest BCUT2D eigenvalue weighted by Gasteiger charge is 2.27. The first-order valence-electron chi connectivity index (χ1n) is 8.96. The van der Waals surface area contributed by atoms with Crippen LogP contribution in [-0.4, -0.2) is 42.6 Å². The minimum absolute atomic E-state index is 0.0312. The molecule has 1 aromatic rings. The molecule has 2 amide bonds. The fraction of sp³-hybridized carbons (Fsp3) is 0.579. The van der Waals surface area contributed by atoms with Crippen molar-refractivity contribution in [1.29, 1.82) is 0 Å². The van der Waals surface area contributed by atoms with E-state index < -0.39 is 12.1 Å². The van der Waals surface area contributed by atoms with E-state index in [9.17, 15) is 9.59 Å². The minimum atomic E-state index is -0.428. The van der Waals surface area contributed by atoms with Gasteiger partial charge in [0.05, 0.1) is 6.04 Å². The molecule has 1 atom stereocenters. The van der Waals surface area contributed by atoms with Crippen LogP contribution in [0.3, 0.4) is 0 Å². The summed E-state index contributed by atoms with van der Waals surface area (Å²) in [5.74, 6) is 0.540. The summed E-state index contributed by atoms with van der Waals surface area (Å²) >= 11 is 0. The molecule has 0 saturated carbocycles. The summed E-state index contributed by atoms with van der Waals surface area (Å²) in [6, 6.07) is 9.16. The maximum absolute atomic E-state index is 12.2. The number of rotatable bonds is 6. The van der Waals surface area contributed by atoms with Crippen molar-refractivity contribution in [1.82, 2.24) is 10.2 Å². The molecule has 0 spiro atoms. The van der Waals surface area contributed by atoms with Crippen LogP contribution >= 0.6 is 0 Å². The third kappa shape index (κ3) is 6.05. The Morgan fingerprint density at radius 3 is 2.48 bits per heavy atom. The molecule has 1 aromatic carbocycles. The largest absolute Gasteiger partial charge is 0.445 e. The van der Waals surface area contributed by atoms with Crippen LogP contribution in [0.1, 0.15) is 32.3 Å². The van der Waals surface area contributed by atoms with Gasteiger partial charge in [-0.2, -0.15) is 0 Å². The van der Waals surface area contributed by atoms with Gasteiger partial charge in [0.1, 0.15) is 6.61 Å². The summed E-state index contributed by atoms with van der Waals surface area (Å²) in [5.41, 5.74) is 6.90. The van der Waals surface area contributed by atoms with Gasteiger partial charge in [0, 0.05) is 19.6 Å². The lowest BCUT2D eigenvalue weighted by Gasteiger charge is -2.34. The highest BCUT2D eigenvalue weighted by atomic mass is 16.5. The lowest BCUT2D eigenvalue weighted by molar-refractivity contribution is -0.134. The van der Waals surface area contributed by atoms with E-state index in [0.29, 0.717) is 25.6 Å². The Hall–Kier alpha value is -2.08. The van der Waals surface area contributed by atoms with Crippen LogP contribution in [0.5, 0.6) is 0 Å². The number of benzene rings is 1. The SMILES string of the molecule is CC(C)C(N)C(=O)N1CCC(CNC(=O)OCc2ccccc2)CC1. The number of nitrogens with two attached hydrogens (primary N) is 1. The minimum Gasteiger partial charge on any atom is -0.445 e. The second-order valence-corrected chi connectivity index (χ2v) is 6.98. The number of hydrogen-bond acceptors (Lipinski definition) is 4. The van der Waals surface area contributed by atoms with Crippen molar-refractivity contribution in [3.63, 3.8) is 0 Å². The second kappa shape index (κ2) is 9.42. The Labute approximate surface area is 149 Å². The molecule has 1 heterocycles. The van der Waals surface area contributed by atoms with E-state index >= 15 is 0 Å². The van der Waals surface area contributed by atoms with Gasteiger partial charge in [-0.15, -0.1) is 0 Å². The van der Waals surface area contributed by atoms with Gasteiger partial charge >= 0.3 is 6.09 Å². The second-order valence-electron chi connectivity index (χ2n) is 6.98. The average molecular weight is 347 g/mol. The zero-order chi connectivity index (χ0) is 18.2. The number of alkyl carbamates (subject to hydrolysis) is 1. The number of nitrogens with zero attached hydrogens (tertiary/aromatic N) is 1. The Morgan fingerprint density at radius 2 is 1.88 bits per heavy atom. The Balaban J connectivity index is 1.65. The standard InChI is InChI=1S/C19H29N3O3/c1-14(2)17(20)18(23)22-10-8-15(9-11-22)12-21-19(24)25-13-16-6-4-3-5-7-16/h3-7,14-15,17H,8-13,20H2,1-2H3,(H,21,24). The summed E-state index contributed by atoms with van der Waals surface area (Å²) in [7, 11) is 0. The van der Waals surface area contributed by atoms with Gasteiger partial charge < -0.3 is 20.7 Å². The van der Waals surface area contributed by atoms with Crippen molar-refractivity contribution in [2.24, 2.45) is 17.6 Å². The van der Waals surface area contributed by atoms with E-state index in [2.05, 4.69) is 5.32 Å². The lowest BCUT2D eigenvalue weighted by atomic mass is 9.95. The fourth-order valence-corrected chi connectivity index (χ4v) is 2.86. The zero-order valence-electron chi connectivity index (χ0n) is 15.1. The molecule has 0 bridgehead atoms. The van der Waals surface area contributed by atoms with Gasteiger partial charge in [-0.05, 0) is 30.2 Å². The molecule has 0 aromatic heterocycles. The molecule has 6 heteroatoms.